The summed E-state index contributed by atoms with van der Waals surface area (Å²) in [5.41, 5.74) is 1.94. The minimum Gasteiger partial charge on any atom is -0.481 e. The van der Waals surface area contributed by atoms with Crippen molar-refractivity contribution in [3.05, 3.63) is 29.3 Å². The van der Waals surface area contributed by atoms with E-state index in [1.807, 2.05) is 25.1 Å². The van der Waals surface area contributed by atoms with Gasteiger partial charge in [-0.1, -0.05) is 25.1 Å². The molecule has 0 aliphatic rings. The van der Waals surface area contributed by atoms with Crippen LogP contribution in [0.3, 0.4) is 0 Å². The highest BCUT2D eigenvalue weighted by atomic mass is 16.6. The Morgan fingerprint density at radius 2 is 2.06 bits per heavy atom. The Kier molecular flexibility index (Phi) is 5.49. The number of carbonyl (C=O) groups excluding carboxylic acids is 1. The van der Waals surface area contributed by atoms with Gasteiger partial charge in [0.2, 0.25) is 0 Å². The number of methoxy groups -OCH3 is 1. The molecule has 0 atom stereocenters. The van der Waals surface area contributed by atoms with E-state index in [1.165, 1.54) is 7.11 Å². The molecule has 0 aromatic heterocycles. The van der Waals surface area contributed by atoms with E-state index >= 15 is 0 Å². The lowest BCUT2D eigenvalue weighted by atomic mass is 10.0. The van der Waals surface area contributed by atoms with Gasteiger partial charge in [0.05, 0.1) is 7.11 Å². The number of ether oxygens (including phenoxy) is 2. The smallest absolute Gasteiger partial charge is 0.343 e. The molecule has 1 N–H and O–H groups in total. The maximum atomic E-state index is 11.1. The van der Waals surface area contributed by atoms with Crippen molar-refractivity contribution in [3.63, 3.8) is 0 Å². The molecule has 1 aromatic carbocycles. The van der Waals surface area contributed by atoms with Crippen molar-refractivity contribution in [2.45, 2.75) is 19.8 Å². The number of aryl methyl sites for hydroxylation is 1. The average molecular weight is 238 g/mol. The van der Waals surface area contributed by atoms with Gasteiger partial charge < -0.3 is 14.6 Å². The molecule has 0 fully saturated rings. The molecule has 0 radical (unpaired) electrons. The lowest BCUT2D eigenvalue weighted by Gasteiger charge is -2.14. The van der Waals surface area contributed by atoms with E-state index in [2.05, 4.69) is 4.74 Å². The lowest BCUT2D eigenvalue weighted by molar-refractivity contribution is -0.142. The molecule has 0 aliphatic carbocycles. The molecule has 1 aromatic rings. The van der Waals surface area contributed by atoms with Crippen LogP contribution >= 0.6 is 0 Å². The Labute approximate surface area is 101 Å². The van der Waals surface area contributed by atoms with Crippen molar-refractivity contribution in [3.8, 4) is 5.75 Å². The fraction of sp³-hybridized carbons (Fsp3) is 0.462. The van der Waals surface area contributed by atoms with Crippen LogP contribution in [0.25, 0.3) is 0 Å². The second-order valence-corrected chi connectivity index (χ2v) is 3.60. The number of rotatable bonds is 6. The summed E-state index contributed by atoms with van der Waals surface area (Å²) in [5.74, 6) is 0.278. The minimum absolute atomic E-state index is 0.0573. The van der Waals surface area contributed by atoms with Gasteiger partial charge in [0.25, 0.3) is 0 Å². The summed E-state index contributed by atoms with van der Waals surface area (Å²) >= 11 is 0. The third-order valence-electron chi connectivity index (χ3n) is 2.50. The minimum atomic E-state index is -0.411. The van der Waals surface area contributed by atoms with Gasteiger partial charge in [0, 0.05) is 6.61 Å². The Balaban J connectivity index is 2.88. The van der Waals surface area contributed by atoms with Gasteiger partial charge >= 0.3 is 5.97 Å². The first-order chi connectivity index (χ1) is 8.22. The predicted molar refractivity (Wildman–Crippen MR) is 64.1 cm³/mol. The van der Waals surface area contributed by atoms with E-state index in [0.29, 0.717) is 12.2 Å². The van der Waals surface area contributed by atoms with Crippen molar-refractivity contribution in [1.82, 2.24) is 0 Å². The molecule has 94 valence electrons. The molecule has 0 unspecified atom stereocenters. The Morgan fingerprint density at radius 1 is 1.35 bits per heavy atom. The first kappa shape index (κ1) is 13.5. The maximum absolute atomic E-state index is 11.1. The summed E-state index contributed by atoms with van der Waals surface area (Å²) in [6.45, 7) is 1.97. The zero-order valence-corrected chi connectivity index (χ0v) is 10.2. The average Bonchev–Trinajstić information content (AvgIpc) is 2.36. The number of para-hydroxylation sites is 1. The largest absolute Gasteiger partial charge is 0.481 e. The highest BCUT2D eigenvalue weighted by Gasteiger charge is 2.10. The maximum Gasteiger partial charge on any atom is 0.343 e. The van der Waals surface area contributed by atoms with Crippen LogP contribution in [0.15, 0.2) is 18.2 Å². The summed E-state index contributed by atoms with van der Waals surface area (Å²) in [7, 11) is 1.33. The molecule has 0 aliphatic heterocycles. The number of aliphatic hydroxyl groups is 1. The number of hydrogen-bond donors (Lipinski definition) is 1. The third kappa shape index (κ3) is 3.75. The van der Waals surface area contributed by atoms with Gasteiger partial charge in [-0.15, -0.1) is 0 Å². The molecule has 4 heteroatoms. The molecule has 0 bridgehead atoms. The Bertz CT molecular complexity index is 374. The zero-order valence-electron chi connectivity index (χ0n) is 10.2. The van der Waals surface area contributed by atoms with Crippen LogP contribution in [0.5, 0.6) is 5.75 Å². The van der Waals surface area contributed by atoms with E-state index in [4.69, 9.17) is 9.84 Å². The van der Waals surface area contributed by atoms with Crippen molar-refractivity contribution in [1.29, 1.82) is 0 Å². The molecule has 17 heavy (non-hydrogen) atoms. The molecule has 0 saturated carbocycles. The zero-order chi connectivity index (χ0) is 12.7. The van der Waals surface area contributed by atoms with Crippen molar-refractivity contribution < 1.29 is 19.4 Å². The van der Waals surface area contributed by atoms with E-state index < -0.39 is 5.97 Å². The molecule has 4 nitrogen and oxygen atoms in total. The second kappa shape index (κ2) is 6.91. The Morgan fingerprint density at radius 3 is 2.65 bits per heavy atom. The highest BCUT2D eigenvalue weighted by molar-refractivity contribution is 5.71. The summed E-state index contributed by atoms with van der Waals surface area (Å²) in [6.07, 6.45) is 1.33. The van der Waals surface area contributed by atoms with Crippen LogP contribution in [0, 0.1) is 0 Å². The fourth-order valence-electron chi connectivity index (χ4n) is 1.61. The summed E-state index contributed by atoms with van der Waals surface area (Å²) in [6, 6.07) is 5.77. The van der Waals surface area contributed by atoms with Gasteiger partial charge in [-0.2, -0.15) is 0 Å². The number of hydrogen-bond acceptors (Lipinski definition) is 4. The van der Waals surface area contributed by atoms with Crippen molar-refractivity contribution >= 4 is 5.97 Å². The van der Waals surface area contributed by atoms with E-state index in [9.17, 15) is 4.79 Å². The van der Waals surface area contributed by atoms with E-state index in [-0.39, 0.29) is 13.2 Å². The van der Waals surface area contributed by atoms with Crippen LogP contribution < -0.4 is 4.74 Å². The number of carbonyl (C=O) groups is 1. The molecule has 1 rings (SSSR count). The van der Waals surface area contributed by atoms with Gasteiger partial charge in [-0.25, -0.2) is 4.79 Å². The van der Waals surface area contributed by atoms with Crippen LogP contribution in [0.2, 0.25) is 0 Å². The lowest BCUT2D eigenvalue weighted by Crippen LogP contribution is -2.14. The first-order valence-electron chi connectivity index (χ1n) is 5.64. The number of esters is 1. The predicted octanol–water partition coefficient (Wildman–Crippen LogP) is 1.34. The van der Waals surface area contributed by atoms with Gasteiger partial charge in [-0.05, 0) is 24.0 Å². The molecule has 0 saturated heterocycles. The van der Waals surface area contributed by atoms with Crippen LogP contribution in [0.4, 0.5) is 0 Å². The Hall–Kier alpha value is -1.55. The van der Waals surface area contributed by atoms with Crippen LogP contribution in [0.1, 0.15) is 18.1 Å². The van der Waals surface area contributed by atoms with Crippen LogP contribution in [-0.4, -0.2) is 31.4 Å². The van der Waals surface area contributed by atoms with Gasteiger partial charge in [0.1, 0.15) is 5.75 Å². The third-order valence-corrected chi connectivity index (χ3v) is 2.50. The topological polar surface area (TPSA) is 55.8 Å². The first-order valence-corrected chi connectivity index (χ1v) is 5.64. The standard InChI is InChI=1S/C13H18O4/c1-3-10-5-4-6-11(7-8-14)13(10)17-9-12(15)16-2/h4-6,14H,3,7-9H2,1-2H3. The SMILES string of the molecule is CCc1cccc(CCO)c1OCC(=O)OC. The summed E-state index contributed by atoms with van der Waals surface area (Å²) in [5, 5.41) is 8.98. The normalized spacial score (nSPS) is 10.1. The molecule has 0 spiro atoms. The number of aliphatic hydroxyl groups excluding tert-OH is 1. The monoisotopic (exact) mass is 238 g/mol. The molecule has 0 amide bonds. The molecule has 0 heterocycles. The van der Waals surface area contributed by atoms with Gasteiger partial charge in [-0.3, -0.25) is 0 Å². The quantitative estimate of drug-likeness (QED) is 0.760. The van der Waals surface area contributed by atoms with E-state index in [1.54, 1.807) is 0 Å². The van der Waals surface area contributed by atoms with Gasteiger partial charge in [0.15, 0.2) is 6.61 Å². The summed E-state index contributed by atoms with van der Waals surface area (Å²) < 4.78 is 10.0. The number of benzene rings is 1. The molecular weight excluding hydrogens is 220 g/mol. The van der Waals surface area contributed by atoms with E-state index in [0.717, 1.165) is 17.5 Å². The van der Waals surface area contributed by atoms with Crippen molar-refractivity contribution in [2.24, 2.45) is 0 Å². The van der Waals surface area contributed by atoms with Crippen molar-refractivity contribution in [2.75, 3.05) is 20.3 Å². The summed E-state index contributed by atoms with van der Waals surface area (Å²) in [4.78, 5) is 11.1. The highest BCUT2D eigenvalue weighted by Crippen LogP contribution is 2.25. The molecular formula is C13H18O4. The van der Waals surface area contributed by atoms with Crippen LogP contribution in [-0.2, 0) is 22.4 Å². The second-order valence-electron chi connectivity index (χ2n) is 3.60. The fourth-order valence-corrected chi connectivity index (χ4v) is 1.61.